The van der Waals surface area contributed by atoms with Crippen molar-refractivity contribution in [2.45, 2.75) is 12.5 Å². The Labute approximate surface area is 232 Å². The van der Waals surface area contributed by atoms with Crippen molar-refractivity contribution in [2.75, 3.05) is 42.1 Å². The molecule has 0 saturated heterocycles. The van der Waals surface area contributed by atoms with E-state index in [9.17, 15) is 4.79 Å². The number of thiophene rings is 1. The first-order chi connectivity index (χ1) is 19.0. The molecule has 1 aromatic heterocycles. The molecule has 7 nitrogen and oxygen atoms in total. The fourth-order valence-corrected chi connectivity index (χ4v) is 6.18. The van der Waals surface area contributed by atoms with Crippen molar-refractivity contribution in [3.8, 4) is 39.2 Å². The molecule has 0 saturated carbocycles. The molecule has 3 aromatic carbocycles. The maximum Gasteiger partial charge on any atom is 0.264 e. The highest BCUT2D eigenvalue weighted by Gasteiger charge is 2.34. The molecule has 8 heteroatoms. The van der Waals surface area contributed by atoms with Crippen LogP contribution in [0.15, 0.2) is 66.7 Å². The summed E-state index contributed by atoms with van der Waals surface area (Å²) in [4.78, 5) is 17.6. The number of amides is 1. The van der Waals surface area contributed by atoms with Gasteiger partial charge in [-0.3, -0.25) is 4.79 Å². The Balaban J connectivity index is 1.55. The molecule has 5 rings (SSSR count). The number of carbonyl (C=O) groups excluding carboxylic acids is 1. The van der Waals surface area contributed by atoms with Gasteiger partial charge in [0.15, 0.2) is 23.0 Å². The van der Waals surface area contributed by atoms with E-state index in [1.54, 1.807) is 35.5 Å². The molecule has 2 heterocycles. The third-order valence-corrected chi connectivity index (χ3v) is 8.14. The van der Waals surface area contributed by atoms with E-state index in [4.69, 9.17) is 23.7 Å². The first-order valence-electron chi connectivity index (χ1n) is 12.5. The number of hydrogen-bond acceptors (Lipinski definition) is 7. The maximum absolute atomic E-state index is 14.1. The van der Waals surface area contributed by atoms with Crippen molar-refractivity contribution >= 4 is 17.2 Å². The molecule has 0 spiro atoms. The number of hydrogen-bond donors (Lipinski definition) is 0. The van der Waals surface area contributed by atoms with Crippen molar-refractivity contribution in [1.29, 1.82) is 0 Å². The van der Waals surface area contributed by atoms with Gasteiger partial charge in [-0.1, -0.05) is 30.3 Å². The van der Waals surface area contributed by atoms with Gasteiger partial charge in [-0.25, -0.2) is 0 Å². The molecule has 0 radical (unpaired) electrons. The Morgan fingerprint density at radius 3 is 2.13 bits per heavy atom. The Morgan fingerprint density at radius 1 is 0.769 bits per heavy atom. The minimum absolute atomic E-state index is 0.0278. The van der Waals surface area contributed by atoms with Gasteiger partial charge < -0.3 is 28.6 Å². The molecule has 0 N–H and O–H groups in total. The fourth-order valence-electron chi connectivity index (χ4n) is 5.19. The molecule has 202 valence electrons. The molecule has 1 aliphatic heterocycles. The Bertz CT molecular complexity index is 1480. The van der Waals surface area contributed by atoms with Gasteiger partial charge in [0, 0.05) is 17.0 Å². The summed E-state index contributed by atoms with van der Waals surface area (Å²) in [5.74, 6) is 2.96. The zero-order chi connectivity index (χ0) is 27.5. The van der Waals surface area contributed by atoms with Crippen molar-refractivity contribution in [1.82, 2.24) is 4.90 Å². The summed E-state index contributed by atoms with van der Waals surface area (Å²) in [6.07, 6.45) is 0.715. The van der Waals surface area contributed by atoms with Gasteiger partial charge >= 0.3 is 0 Å². The van der Waals surface area contributed by atoms with E-state index in [2.05, 4.69) is 12.1 Å². The summed E-state index contributed by atoms with van der Waals surface area (Å²) in [5, 5.41) is 0. The topological polar surface area (TPSA) is 66.5 Å². The summed E-state index contributed by atoms with van der Waals surface area (Å²) in [7, 11) is 8.03. The SMILES string of the molecule is COc1cc2c(cc1OC)C(c1ccccc1)N(C(=O)c1ccc(-c3ccc(OC)c(OC)c3OC)s1)CC2. The lowest BCUT2D eigenvalue weighted by Gasteiger charge is -2.38. The van der Waals surface area contributed by atoms with E-state index in [1.807, 2.05) is 59.5 Å². The first-order valence-corrected chi connectivity index (χ1v) is 13.4. The largest absolute Gasteiger partial charge is 0.493 e. The minimum Gasteiger partial charge on any atom is -0.493 e. The molecule has 0 aliphatic carbocycles. The van der Waals surface area contributed by atoms with Crippen LogP contribution in [0.4, 0.5) is 0 Å². The zero-order valence-corrected chi connectivity index (χ0v) is 23.5. The average molecular weight is 546 g/mol. The molecule has 0 fully saturated rings. The summed E-state index contributed by atoms with van der Waals surface area (Å²) in [6, 6.07) is 21.5. The molecule has 0 bridgehead atoms. The van der Waals surface area contributed by atoms with Gasteiger partial charge in [0.2, 0.25) is 5.75 Å². The van der Waals surface area contributed by atoms with Crippen molar-refractivity contribution in [3.63, 3.8) is 0 Å². The number of nitrogens with zero attached hydrogens (tertiary/aromatic N) is 1. The highest BCUT2D eigenvalue weighted by Crippen LogP contribution is 2.47. The lowest BCUT2D eigenvalue weighted by molar-refractivity contribution is 0.0699. The van der Waals surface area contributed by atoms with Crippen LogP contribution in [0.25, 0.3) is 10.4 Å². The summed E-state index contributed by atoms with van der Waals surface area (Å²) < 4.78 is 27.8. The predicted octanol–water partition coefficient (Wildman–Crippen LogP) is 6.25. The lowest BCUT2D eigenvalue weighted by atomic mass is 9.87. The van der Waals surface area contributed by atoms with Crippen LogP contribution < -0.4 is 23.7 Å². The maximum atomic E-state index is 14.1. The molecular formula is C31H31NO6S. The van der Waals surface area contributed by atoms with Gasteiger partial charge in [0.05, 0.1) is 46.5 Å². The summed E-state index contributed by atoms with van der Waals surface area (Å²) >= 11 is 1.43. The Hall–Kier alpha value is -4.17. The van der Waals surface area contributed by atoms with Crippen LogP contribution in [0.3, 0.4) is 0 Å². The van der Waals surface area contributed by atoms with Crippen LogP contribution >= 0.6 is 11.3 Å². The summed E-state index contributed by atoms with van der Waals surface area (Å²) in [5.41, 5.74) is 4.06. The monoisotopic (exact) mass is 545 g/mol. The van der Waals surface area contributed by atoms with E-state index in [0.717, 1.165) is 27.1 Å². The van der Waals surface area contributed by atoms with Crippen LogP contribution in [-0.4, -0.2) is 52.9 Å². The second kappa shape index (κ2) is 11.3. The molecule has 1 amide bonds. The highest BCUT2D eigenvalue weighted by molar-refractivity contribution is 7.17. The third-order valence-electron chi connectivity index (χ3n) is 7.04. The minimum atomic E-state index is -0.261. The number of methoxy groups -OCH3 is 5. The quantitative estimate of drug-likeness (QED) is 0.261. The molecular weight excluding hydrogens is 514 g/mol. The van der Waals surface area contributed by atoms with Gasteiger partial charge in [-0.2, -0.15) is 0 Å². The molecule has 1 atom stereocenters. The number of ether oxygens (including phenoxy) is 5. The first kappa shape index (κ1) is 26.4. The second-order valence-electron chi connectivity index (χ2n) is 9.01. The van der Waals surface area contributed by atoms with Gasteiger partial charge in [-0.15, -0.1) is 11.3 Å². The van der Waals surface area contributed by atoms with Crippen molar-refractivity contribution < 1.29 is 28.5 Å². The molecule has 4 aromatic rings. The number of rotatable bonds is 8. The van der Waals surface area contributed by atoms with Crippen LogP contribution in [0.5, 0.6) is 28.7 Å². The zero-order valence-electron chi connectivity index (χ0n) is 22.6. The summed E-state index contributed by atoms with van der Waals surface area (Å²) in [6.45, 7) is 0.577. The third kappa shape index (κ3) is 4.76. The van der Waals surface area contributed by atoms with E-state index in [0.29, 0.717) is 46.6 Å². The molecule has 1 unspecified atom stereocenters. The number of fused-ring (bicyclic) bond motifs is 1. The smallest absolute Gasteiger partial charge is 0.264 e. The number of carbonyl (C=O) groups is 1. The van der Waals surface area contributed by atoms with E-state index in [1.165, 1.54) is 11.3 Å². The van der Waals surface area contributed by atoms with Crippen LogP contribution in [-0.2, 0) is 6.42 Å². The van der Waals surface area contributed by atoms with E-state index in [-0.39, 0.29) is 11.9 Å². The van der Waals surface area contributed by atoms with E-state index >= 15 is 0 Å². The van der Waals surface area contributed by atoms with Gasteiger partial charge in [0.25, 0.3) is 5.91 Å². The van der Waals surface area contributed by atoms with Crippen LogP contribution in [0.1, 0.15) is 32.4 Å². The highest BCUT2D eigenvalue weighted by atomic mass is 32.1. The molecule has 39 heavy (non-hydrogen) atoms. The van der Waals surface area contributed by atoms with Gasteiger partial charge in [-0.05, 0) is 59.5 Å². The Morgan fingerprint density at radius 2 is 1.46 bits per heavy atom. The fraction of sp³-hybridized carbons (Fsp3) is 0.258. The van der Waals surface area contributed by atoms with E-state index < -0.39 is 0 Å². The standard InChI is InChI=1S/C31H31NO6S/c1-34-23-12-11-21(29(37-4)30(23)38-5)26-13-14-27(39-26)31(33)32-16-15-20-17-24(35-2)25(36-3)18-22(20)28(32)19-9-7-6-8-10-19/h6-14,17-18,28H,15-16H2,1-5H3. The number of benzene rings is 3. The van der Waals surface area contributed by atoms with Crippen molar-refractivity contribution in [2.24, 2.45) is 0 Å². The van der Waals surface area contributed by atoms with Crippen LogP contribution in [0.2, 0.25) is 0 Å². The lowest BCUT2D eigenvalue weighted by Crippen LogP contribution is -2.40. The Kier molecular flexibility index (Phi) is 7.65. The van der Waals surface area contributed by atoms with Crippen LogP contribution in [0, 0.1) is 0 Å². The predicted molar refractivity (Wildman–Crippen MR) is 152 cm³/mol. The van der Waals surface area contributed by atoms with Crippen molar-refractivity contribution in [3.05, 3.63) is 88.3 Å². The normalized spacial score (nSPS) is 14.4. The average Bonchev–Trinajstić information content (AvgIpc) is 3.49. The van der Waals surface area contributed by atoms with Gasteiger partial charge in [0.1, 0.15) is 0 Å². The molecule has 1 aliphatic rings. The second-order valence-corrected chi connectivity index (χ2v) is 10.1.